The zero-order valence-electron chi connectivity index (χ0n) is 13.2. The van der Waals surface area contributed by atoms with Crippen molar-refractivity contribution < 1.29 is 18.7 Å². The number of hydrogen-bond donors (Lipinski definition) is 1. The number of rotatable bonds is 5. The van der Waals surface area contributed by atoms with Crippen LogP contribution in [0.15, 0.2) is 35.7 Å². The van der Waals surface area contributed by atoms with Crippen molar-refractivity contribution in [3.8, 4) is 0 Å². The van der Waals surface area contributed by atoms with Gasteiger partial charge in [0.1, 0.15) is 22.9 Å². The Hall–Kier alpha value is -2.38. The molecular weight excluding hydrogens is 367 g/mol. The molecule has 1 amide bonds. The molecule has 0 bridgehead atoms. The minimum Gasteiger partial charge on any atom is -0.461 e. The van der Waals surface area contributed by atoms with Crippen molar-refractivity contribution in [3.05, 3.63) is 52.2 Å². The second-order valence-electron chi connectivity index (χ2n) is 5.19. The lowest BCUT2D eigenvalue weighted by Crippen LogP contribution is -2.21. The highest BCUT2D eigenvalue weighted by molar-refractivity contribution is 7.16. The summed E-state index contributed by atoms with van der Waals surface area (Å²) in [6, 6.07) is 7.50. The molecule has 3 aromatic rings. The minimum atomic E-state index is -0.560. The lowest BCUT2D eigenvalue weighted by molar-refractivity contribution is -0.116. The fraction of sp³-hybridized carbons (Fsp3) is 0.176. The molecule has 0 fully saturated rings. The molecular formula is C17H14ClFN2O3S. The van der Waals surface area contributed by atoms with Crippen LogP contribution >= 0.6 is 22.9 Å². The van der Waals surface area contributed by atoms with Crippen molar-refractivity contribution >= 4 is 50.7 Å². The Morgan fingerprint density at radius 3 is 2.84 bits per heavy atom. The van der Waals surface area contributed by atoms with E-state index in [9.17, 15) is 14.0 Å². The molecule has 1 aromatic carbocycles. The number of esters is 1. The van der Waals surface area contributed by atoms with Crippen LogP contribution in [0.5, 0.6) is 0 Å². The van der Waals surface area contributed by atoms with Crippen molar-refractivity contribution in [2.75, 3.05) is 11.9 Å². The summed E-state index contributed by atoms with van der Waals surface area (Å²) in [6.45, 7) is 1.89. The van der Waals surface area contributed by atoms with Crippen molar-refractivity contribution in [1.82, 2.24) is 4.57 Å². The Morgan fingerprint density at radius 1 is 1.32 bits per heavy atom. The van der Waals surface area contributed by atoms with Crippen LogP contribution in [0.3, 0.4) is 0 Å². The summed E-state index contributed by atoms with van der Waals surface area (Å²) < 4.78 is 19.9. The molecule has 2 heterocycles. The largest absolute Gasteiger partial charge is 0.461 e. The number of anilines is 1. The van der Waals surface area contributed by atoms with Gasteiger partial charge in [-0.3, -0.25) is 4.79 Å². The molecule has 130 valence electrons. The van der Waals surface area contributed by atoms with E-state index in [0.29, 0.717) is 11.4 Å². The third kappa shape index (κ3) is 3.67. The van der Waals surface area contributed by atoms with E-state index in [1.165, 1.54) is 29.5 Å². The van der Waals surface area contributed by atoms with Crippen LogP contribution in [0.2, 0.25) is 5.02 Å². The number of nitrogens with zero attached hydrogens (tertiary/aromatic N) is 1. The van der Waals surface area contributed by atoms with Gasteiger partial charge in [-0.1, -0.05) is 11.6 Å². The van der Waals surface area contributed by atoms with Gasteiger partial charge in [0.05, 0.1) is 11.6 Å². The molecule has 5 nitrogen and oxygen atoms in total. The van der Waals surface area contributed by atoms with E-state index in [2.05, 4.69) is 5.32 Å². The van der Waals surface area contributed by atoms with Crippen LogP contribution in [0.4, 0.5) is 10.1 Å². The van der Waals surface area contributed by atoms with E-state index in [1.54, 1.807) is 17.6 Å². The Labute approximate surface area is 152 Å². The van der Waals surface area contributed by atoms with Crippen LogP contribution < -0.4 is 5.32 Å². The van der Waals surface area contributed by atoms with Gasteiger partial charge in [0.2, 0.25) is 5.91 Å². The first-order chi connectivity index (χ1) is 12.0. The maximum absolute atomic E-state index is 13.2. The third-order valence-electron chi connectivity index (χ3n) is 3.49. The average molecular weight is 381 g/mol. The van der Waals surface area contributed by atoms with Gasteiger partial charge in [-0.15, -0.1) is 11.3 Å². The lowest BCUT2D eigenvalue weighted by Gasteiger charge is -2.10. The standard InChI is InChI=1S/C17H14ClFN2O3S/c1-2-24-17(23)14-7-10-5-6-25-16(10)21(14)9-15(22)20-11-3-4-13(19)12(18)8-11/h3-8H,2,9H2,1H3,(H,20,22). The van der Waals surface area contributed by atoms with E-state index >= 15 is 0 Å². The molecule has 8 heteroatoms. The number of halogens is 2. The predicted molar refractivity (Wildman–Crippen MR) is 95.8 cm³/mol. The second kappa shape index (κ2) is 7.25. The van der Waals surface area contributed by atoms with Gasteiger partial charge in [-0.25, -0.2) is 9.18 Å². The van der Waals surface area contributed by atoms with Crippen LogP contribution in [-0.2, 0) is 16.1 Å². The van der Waals surface area contributed by atoms with E-state index in [4.69, 9.17) is 16.3 Å². The van der Waals surface area contributed by atoms with Gasteiger partial charge >= 0.3 is 5.97 Å². The van der Waals surface area contributed by atoms with Crippen molar-refractivity contribution in [3.63, 3.8) is 0 Å². The molecule has 0 saturated heterocycles. The summed E-state index contributed by atoms with van der Waals surface area (Å²) in [4.78, 5) is 25.3. The topological polar surface area (TPSA) is 60.3 Å². The lowest BCUT2D eigenvalue weighted by atomic mass is 10.3. The highest BCUT2D eigenvalue weighted by Gasteiger charge is 2.19. The molecule has 1 N–H and O–H groups in total. The van der Waals surface area contributed by atoms with Gasteiger partial charge in [0.15, 0.2) is 0 Å². The average Bonchev–Trinajstić information content (AvgIpc) is 3.14. The monoisotopic (exact) mass is 380 g/mol. The molecule has 0 spiro atoms. The number of ether oxygens (including phenoxy) is 1. The van der Waals surface area contributed by atoms with Crippen LogP contribution in [0.25, 0.3) is 10.2 Å². The number of nitrogens with one attached hydrogen (secondary N) is 1. The third-order valence-corrected chi connectivity index (χ3v) is 4.73. The van der Waals surface area contributed by atoms with E-state index < -0.39 is 11.8 Å². The van der Waals surface area contributed by atoms with Gasteiger partial charge in [0, 0.05) is 11.1 Å². The Balaban J connectivity index is 1.84. The fourth-order valence-electron chi connectivity index (χ4n) is 2.42. The van der Waals surface area contributed by atoms with Crippen LogP contribution in [0.1, 0.15) is 17.4 Å². The molecule has 0 aliphatic rings. The Bertz CT molecular complexity index is 951. The zero-order valence-corrected chi connectivity index (χ0v) is 14.8. The van der Waals surface area contributed by atoms with E-state index in [0.717, 1.165) is 10.2 Å². The summed E-state index contributed by atoms with van der Waals surface area (Å²) in [5, 5.41) is 5.32. The number of carbonyl (C=O) groups excluding carboxylic acids is 2. The number of aromatic nitrogens is 1. The highest BCUT2D eigenvalue weighted by atomic mass is 35.5. The fourth-order valence-corrected chi connectivity index (χ4v) is 3.50. The number of amides is 1. The molecule has 0 saturated carbocycles. The number of benzene rings is 1. The van der Waals surface area contributed by atoms with Crippen LogP contribution in [-0.4, -0.2) is 23.1 Å². The summed E-state index contributed by atoms with van der Waals surface area (Å²) in [5.74, 6) is -1.40. The van der Waals surface area contributed by atoms with Gasteiger partial charge in [-0.05, 0) is 42.6 Å². The molecule has 2 aromatic heterocycles. The first kappa shape index (κ1) is 17.4. The molecule has 0 aliphatic carbocycles. The predicted octanol–water partition coefficient (Wildman–Crippen LogP) is 4.31. The van der Waals surface area contributed by atoms with E-state index in [-0.39, 0.29) is 24.1 Å². The van der Waals surface area contributed by atoms with Crippen molar-refractivity contribution in [2.24, 2.45) is 0 Å². The van der Waals surface area contributed by atoms with Crippen LogP contribution in [0, 0.1) is 5.82 Å². The second-order valence-corrected chi connectivity index (χ2v) is 6.50. The van der Waals surface area contributed by atoms with Gasteiger partial charge < -0.3 is 14.6 Å². The zero-order chi connectivity index (χ0) is 18.0. The molecule has 3 rings (SSSR count). The summed E-state index contributed by atoms with van der Waals surface area (Å²) in [5.41, 5.74) is 0.694. The maximum atomic E-state index is 13.2. The van der Waals surface area contributed by atoms with Crippen molar-refractivity contribution in [1.29, 1.82) is 0 Å². The number of carbonyl (C=O) groups is 2. The molecule has 25 heavy (non-hydrogen) atoms. The minimum absolute atomic E-state index is 0.0762. The summed E-state index contributed by atoms with van der Waals surface area (Å²) in [7, 11) is 0. The molecule has 0 radical (unpaired) electrons. The number of thiophene rings is 1. The summed E-state index contributed by atoms with van der Waals surface area (Å²) >= 11 is 7.14. The first-order valence-electron chi connectivity index (χ1n) is 7.48. The molecule has 0 unspecified atom stereocenters. The number of hydrogen-bond acceptors (Lipinski definition) is 4. The first-order valence-corrected chi connectivity index (χ1v) is 8.74. The molecule has 0 aliphatic heterocycles. The van der Waals surface area contributed by atoms with Gasteiger partial charge in [0.25, 0.3) is 0 Å². The van der Waals surface area contributed by atoms with E-state index in [1.807, 2.05) is 11.4 Å². The summed E-state index contributed by atoms with van der Waals surface area (Å²) in [6.07, 6.45) is 0. The Kier molecular flexibility index (Phi) is 5.06. The SMILES string of the molecule is CCOC(=O)c1cc2ccsc2n1CC(=O)Nc1ccc(F)c(Cl)c1. The smallest absolute Gasteiger partial charge is 0.355 e. The maximum Gasteiger partial charge on any atom is 0.355 e. The van der Waals surface area contributed by atoms with Gasteiger partial charge in [-0.2, -0.15) is 0 Å². The quantitative estimate of drug-likeness (QED) is 0.671. The Morgan fingerprint density at radius 2 is 2.12 bits per heavy atom. The highest BCUT2D eigenvalue weighted by Crippen LogP contribution is 2.26. The van der Waals surface area contributed by atoms with Crippen molar-refractivity contribution in [2.45, 2.75) is 13.5 Å². The molecule has 0 atom stereocenters. The normalized spacial score (nSPS) is 10.8. The number of fused-ring (bicyclic) bond motifs is 1.